The lowest BCUT2D eigenvalue weighted by Gasteiger charge is -2.19. The normalized spacial score (nSPS) is 12.4. The highest BCUT2D eigenvalue weighted by Gasteiger charge is 2.19. The lowest BCUT2D eigenvalue weighted by Crippen LogP contribution is -2.41. The molecule has 3 N–H and O–H groups in total. The molecule has 6 nitrogen and oxygen atoms in total. The van der Waals surface area contributed by atoms with Gasteiger partial charge in [-0.1, -0.05) is 0 Å². The van der Waals surface area contributed by atoms with Gasteiger partial charge in [-0.3, -0.25) is 10.3 Å². The second-order valence-electron chi connectivity index (χ2n) is 3.50. The quantitative estimate of drug-likeness (QED) is 0.418. The van der Waals surface area contributed by atoms with E-state index in [1.807, 2.05) is 13.0 Å². The van der Waals surface area contributed by atoms with E-state index < -0.39 is 0 Å². The molecular formula is C10H13N3O3. The van der Waals surface area contributed by atoms with Crippen LogP contribution < -0.4 is 25.6 Å². The Morgan fingerprint density at radius 1 is 1.44 bits per heavy atom. The fourth-order valence-corrected chi connectivity index (χ4v) is 1.60. The van der Waals surface area contributed by atoms with Gasteiger partial charge in [0.2, 0.25) is 6.79 Å². The van der Waals surface area contributed by atoms with Gasteiger partial charge in [-0.2, -0.15) is 0 Å². The number of nitrogens with one attached hydrogen (secondary N) is 1. The lowest BCUT2D eigenvalue weighted by atomic mass is 10.1. The van der Waals surface area contributed by atoms with Crippen molar-refractivity contribution in [2.24, 2.45) is 5.84 Å². The number of hydrogen-bond acceptors (Lipinski definition) is 4. The monoisotopic (exact) mass is 223 g/mol. The first-order valence-electron chi connectivity index (χ1n) is 4.78. The zero-order valence-electron chi connectivity index (χ0n) is 9.11. The van der Waals surface area contributed by atoms with Crippen molar-refractivity contribution in [3.8, 4) is 11.5 Å². The summed E-state index contributed by atoms with van der Waals surface area (Å²) in [6.45, 7) is 2.10. The van der Waals surface area contributed by atoms with Crippen molar-refractivity contribution in [2.45, 2.75) is 6.92 Å². The number of anilines is 1. The number of benzene rings is 1. The third kappa shape index (κ3) is 1.63. The molecule has 2 amide bonds. The second-order valence-corrected chi connectivity index (χ2v) is 3.50. The molecule has 0 saturated heterocycles. The van der Waals surface area contributed by atoms with Gasteiger partial charge in [0, 0.05) is 13.1 Å². The predicted molar refractivity (Wildman–Crippen MR) is 58.4 cm³/mol. The van der Waals surface area contributed by atoms with Gasteiger partial charge in [-0.15, -0.1) is 0 Å². The average Bonchev–Trinajstić information content (AvgIpc) is 2.72. The van der Waals surface area contributed by atoms with Crippen LogP contribution in [0, 0.1) is 6.92 Å². The van der Waals surface area contributed by atoms with Gasteiger partial charge in [0.25, 0.3) is 0 Å². The first-order valence-corrected chi connectivity index (χ1v) is 4.78. The van der Waals surface area contributed by atoms with Gasteiger partial charge in [0.05, 0.1) is 5.69 Å². The summed E-state index contributed by atoms with van der Waals surface area (Å²) in [6, 6.07) is 3.20. The predicted octanol–water partition coefficient (Wildman–Crippen LogP) is 0.743. The third-order valence-electron chi connectivity index (χ3n) is 2.48. The highest BCUT2D eigenvalue weighted by atomic mass is 16.7. The molecule has 1 heterocycles. The molecule has 1 aliphatic heterocycles. The second kappa shape index (κ2) is 3.90. The SMILES string of the molecule is Cc1cc2c(cc1N(C)C(=O)NN)OCO2. The number of nitrogens with zero attached hydrogens (tertiary/aromatic N) is 1. The standard InChI is InChI=1S/C10H13N3O3/c1-6-3-8-9(16-5-15-8)4-7(6)13(2)10(14)12-11/h3-4H,5,11H2,1-2H3,(H,12,14). The number of fused-ring (bicyclic) bond motifs is 1. The fourth-order valence-electron chi connectivity index (χ4n) is 1.60. The summed E-state index contributed by atoms with van der Waals surface area (Å²) in [5.41, 5.74) is 3.71. The summed E-state index contributed by atoms with van der Waals surface area (Å²) in [6.07, 6.45) is 0. The van der Waals surface area contributed by atoms with Crippen molar-refractivity contribution in [1.29, 1.82) is 0 Å². The molecule has 0 fully saturated rings. The Kier molecular flexibility index (Phi) is 2.57. The van der Waals surface area contributed by atoms with E-state index in [9.17, 15) is 4.79 Å². The first-order chi connectivity index (χ1) is 7.63. The van der Waals surface area contributed by atoms with Crippen molar-refractivity contribution in [2.75, 3.05) is 18.7 Å². The minimum absolute atomic E-state index is 0.213. The van der Waals surface area contributed by atoms with Crippen molar-refractivity contribution >= 4 is 11.7 Å². The molecule has 6 heteroatoms. The van der Waals surface area contributed by atoms with Gasteiger partial charge < -0.3 is 9.47 Å². The Morgan fingerprint density at radius 2 is 2.06 bits per heavy atom. The number of hydrogen-bond donors (Lipinski definition) is 2. The van der Waals surface area contributed by atoms with Gasteiger partial charge in [0.15, 0.2) is 11.5 Å². The van der Waals surface area contributed by atoms with E-state index in [0.29, 0.717) is 11.5 Å². The van der Waals surface area contributed by atoms with Crippen LogP contribution in [0.15, 0.2) is 12.1 Å². The van der Waals surface area contributed by atoms with Crippen LogP contribution in [-0.2, 0) is 0 Å². The van der Waals surface area contributed by atoms with Gasteiger partial charge in [0.1, 0.15) is 0 Å². The van der Waals surface area contributed by atoms with E-state index in [-0.39, 0.29) is 12.8 Å². The molecule has 0 bridgehead atoms. The summed E-state index contributed by atoms with van der Waals surface area (Å²) in [4.78, 5) is 12.8. The van der Waals surface area contributed by atoms with Crippen molar-refractivity contribution in [3.63, 3.8) is 0 Å². The highest BCUT2D eigenvalue weighted by Crippen LogP contribution is 2.37. The Hall–Kier alpha value is -1.95. The maximum Gasteiger partial charge on any atom is 0.335 e. The number of nitrogens with two attached hydrogens (primary N) is 1. The third-order valence-corrected chi connectivity index (χ3v) is 2.48. The van der Waals surface area contributed by atoms with E-state index >= 15 is 0 Å². The van der Waals surface area contributed by atoms with Crippen LogP contribution in [0.2, 0.25) is 0 Å². The van der Waals surface area contributed by atoms with Crippen molar-refractivity contribution < 1.29 is 14.3 Å². The van der Waals surface area contributed by atoms with Crippen LogP contribution in [0.5, 0.6) is 11.5 Å². The maximum atomic E-state index is 11.4. The van der Waals surface area contributed by atoms with Crippen molar-refractivity contribution in [1.82, 2.24) is 5.43 Å². The van der Waals surface area contributed by atoms with E-state index in [2.05, 4.69) is 5.43 Å². The van der Waals surface area contributed by atoms with E-state index in [1.165, 1.54) is 4.90 Å². The van der Waals surface area contributed by atoms with Crippen LogP contribution in [0.25, 0.3) is 0 Å². The van der Waals surface area contributed by atoms with Crippen LogP contribution in [-0.4, -0.2) is 19.9 Å². The number of rotatable bonds is 1. The summed E-state index contributed by atoms with van der Waals surface area (Å²) in [7, 11) is 1.63. The molecular weight excluding hydrogens is 210 g/mol. The number of ether oxygens (including phenoxy) is 2. The van der Waals surface area contributed by atoms with Crippen molar-refractivity contribution in [3.05, 3.63) is 17.7 Å². The number of carbonyl (C=O) groups is 1. The zero-order chi connectivity index (χ0) is 11.7. The molecule has 0 unspecified atom stereocenters. The van der Waals surface area contributed by atoms with E-state index in [4.69, 9.17) is 15.3 Å². The molecule has 16 heavy (non-hydrogen) atoms. The molecule has 0 atom stereocenters. The summed E-state index contributed by atoms with van der Waals surface area (Å²) < 4.78 is 10.5. The largest absolute Gasteiger partial charge is 0.454 e. The fraction of sp³-hybridized carbons (Fsp3) is 0.300. The molecule has 0 saturated carbocycles. The minimum atomic E-state index is -0.387. The Labute approximate surface area is 92.9 Å². The molecule has 2 rings (SSSR count). The molecule has 1 aromatic rings. The zero-order valence-corrected chi connectivity index (χ0v) is 9.11. The van der Waals surface area contributed by atoms with Crippen LogP contribution >= 0.6 is 0 Å². The topological polar surface area (TPSA) is 76.8 Å². The Bertz CT molecular complexity index is 434. The van der Waals surface area contributed by atoms with Crippen LogP contribution in [0.4, 0.5) is 10.5 Å². The molecule has 86 valence electrons. The number of urea groups is 1. The average molecular weight is 223 g/mol. The molecule has 0 aliphatic carbocycles. The summed E-state index contributed by atoms with van der Waals surface area (Å²) in [5, 5.41) is 0. The van der Waals surface area contributed by atoms with Crippen LogP contribution in [0.1, 0.15) is 5.56 Å². The van der Waals surface area contributed by atoms with Crippen LogP contribution in [0.3, 0.4) is 0 Å². The highest BCUT2D eigenvalue weighted by molar-refractivity contribution is 5.92. The molecule has 0 radical (unpaired) electrons. The number of hydrazine groups is 1. The van der Waals surface area contributed by atoms with Gasteiger partial charge in [-0.25, -0.2) is 10.6 Å². The van der Waals surface area contributed by atoms with E-state index in [1.54, 1.807) is 13.1 Å². The summed E-state index contributed by atoms with van der Waals surface area (Å²) in [5.74, 6) is 6.41. The smallest absolute Gasteiger partial charge is 0.335 e. The molecule has 0 aromatic heterocycles. The molecule has 1 aliphatic rings. The molecule has 1 aromatic carbocycles. The minimum Gasteiger partial charge on any atom is -0.454 e. The van der Waals surface area contributed by atoms with Gasteiger partial charge >= 0.3 is 6.03 Å². The first kappa shape index (κ1) is 10.6. The van der Waals surface area contributed by atoms with E-state index in [0.717, 1.165) is 11.3 Å². The number of amides is 2. The molecule has 0 spiro atoms. The summed E-state index contributed by atoms with van der Waals surface area (Å²) >= 11 is 0. The number of aryl methyl sites for hydroxylation is 1. The Morgan fingerprint density at radius 3 is 2.69 bits per heavy atom. The Balaban J connectivity index is 2.38. The lowest BCUT2D eigenvalue weighted by molar-refractivity contribution is 0.174. The van der Waals surface area contributed by atoms with Gasteiger partial charge in [-0.05, 0) is 18.6 Å². The number of carbonyl (C=O) groups excluding carboxylic acids is 1. The maximum absolute atomic E-state index is 11.4.